The van der Waals surface area contributed by atoms with Gasteiger partial charge < -0.3 is 14.3 Å². The smallest absolute Gasteiger partial charge is 0.416 e. The van der Waals surface area contributed by atoms with Crippen LogP contribution >= 0.6 is 0 Å². The molecule has 1 aliphatic heterocycles. The zero-order chi connectivity index (χ0) is 18.0. The first-order valence-corrected chi connectivity index (χ1v) is 8.36. The van der Waals surface area contributed by atoms with Crippen molar-refractivity contribution >= 4 is 11.8 Å². The summed E-state index contributed by atoms with van der Waals surface area (Å²) in [5, 5.41) is 10.7. The molecule has 5 nitrogen and oxygen atoms in total. The van der Waals surface area contributed by atoms with Crippen molar-refractivity contribution in [3.63, 3.8) is 0 Å². The van der Waals surface area contributed by atoms with E-state index < -0.39 is 17.9 Å². The summed E-state index contributed by atoms with van der Waals surface area (Å²) in [6.07, 6.45) is 2.35. The highest BCUT2D eigenvalue weighted by Gasteiger charge is 2.36. The molecule has 1 aromatic carbocycles. The van der Waals surface area contributed by atoms with Gasteiger partial charge in [-0.05, 0) is 44.5 Å². The summed E-state index contributed by atoms with van der Waals surface area (Å²) >= 11 is 0. The number of hydrogen-bond donors (Lipinski definition) is 1. The molecule has 0 bridgehead atoms. The van der Waals surface area contributed by atoms with Gasteiger partial charge in [0.25, 0.3) is 0 Å². The second kappa shape index (κ2) is 6.76. The summed E-state index contributed by atoms with van der Waals surface area (Å²) in [6, 6.07) is 13.2. The van der Waals surface area contributed by atoms with E-state index in [0.29, 0.717) is 12.1 Å². The minimum Gasteiger partial charge on any atom is -0.469 e. The first kappa shape index (κ1) is 17.3. The number of amides is 1. The fraction of sp³-hybridized carbons (Fsp3) is 0.350. The first-order valence-electron chi connectivity index (χ1n) is 8.36. The number of nitrogens with zero attached hydrogens (tertiary/aromatic N) is 1. The van der Waals surface area contributed by atoms with Crippen LogP contribution in [0.15, 0.2) is 59.2 Å². The van der Waals surface area contributed by atoms with Crippen LogP contribution in [-0.2, 0) is 4.74 Å². The molecular formula is C20H23NO4. The van der Waals surface area contributed by atoms with Crippen molar-refractivity contribution in [2.75, 3.05) is 0 Å². The molecule has 2 aromatic rings. The molecule has 0 saturated carbocycles. The summed E-state index contributed by atoms with van der Waals surface area (Å²) in [7, 11) is 0. The van der Waals surface area contributed by atoms with Crippen LogP contribution in [0.5, 0.6) is 0 Å². The lowest BCUT2D eigenvalue weighted by atomic mass is 9.93. The van der Waals surface area contributed by atoms with Gasteiger partial charge in [-0.15, -0.1) is 0 Å². The zero-order valence-corrected chi connectivity index (χ0v) is 14.7. The van der Waals surface area contributed by atoms with E-state index in [4.69, 9.17) is 9.15 Å². The van der Waals surface area contributed by atoms with Gasteiger partial charge in [0, 0.05) is 12.3 Å². The van der Waals surface area contributed by atoms with Crippen molar-refractivity contribution in [2.45, 2.75) is 44.9 Å². The fourth-order valence-electron chi connectivity index (χ4n) is 2.91. The van der Waals surface area contributed by atoms with Gasteiger partial charge in [0.05, 0.1) is 12.0 Å². The molecule has 0 fully saturated rings. The second-order valence-corrected chi connectivity index (χ2v) is 7.11. The molecule has 0 spiro atoms. The van der Waals surface area contributed by atoms with E-state index in [1.54, 1.807) is 27.0 Å². The summed E-state index contributed by atoms with van der Waals surface area (Å²) in [4.78, 5) is 14.0. The third-order valence-corrected chi connectivity index (χ3v) is 3.95. The van der Waals surface area contributed by atoms with E-state index in [2.05, 4.69) is 0 Å². The highest BCUT2D eigenvalue weighted by atomic mass is 16.6. The van der Waals surface area contributed by atoms with E-state index in [1.807, 2.05) is 48.5 Å². The van der Waals surface area contributed by atoms with Gasteiger partial charge in [0.1, 0.15) is 17.6 Å². The average molecular weight is 341 g/mol. The fourth-order valence-corrected chi connectivity index (χ4v) is 2.91. The Kier molecular flexibility index (Phi) is 4.68. The van der Waals surface area contributed by atoms with Crippen molar-refractivity contribution in [3.05, 3.63) is 66.1 Å². The maximum absolute atomic E-state index is 12.7. The molecule has 2 atom stereocenters. The van der Waals surface area contributed by atoms with Gasteiger partial charge in [-0.1, -0.05) is 30.3 Å². The molecule has 0 unspecified atom stereocenters. The third kappa shape index (κ3) is 3.94. The largest absolute Gasteiger partial charge is 0.469 e. The number of rotatable bonds is 2. The Bertz CT molecular complexity index is 744. The van der Waals surface area contributed by atoms with Crippen molar-refractivity contribution < 1.29 is 19.1 Å². The maximum Gasteiger partial charge on any atom is 0.416 e. The summed E-state index contributed by atoms with van der Waals surface area (Å²) in [6.45, 7) is 5.41. The van der Waals surface area contributed by atoms with Crippen LogP contribution in [0.2, 0.25) is 0 Å². The summed E-state index contributed by atoms with van der Waals surface area (Å²) in [5.74, 6) is 0.648. The zero-order valence-electron chi connectivity index (χ0n) is 14.7. The molecule has 2 heterocycles. The van der Waals surface area contributed by atoms with Gasteiger partial charge in [-0.3, -0.25) is 4.90 Å². The van der Waals surface area contributed by atoms with Gasteiger partial charge in [-0.2, -0.15) is 0 Å². The first-order chi connectivity index (χ1) is 11.8. The number of benzene rings is 1. The van der Waals surface area contributed by atoms with Crippen molar-refractivity contribution in [2.24, 2.45) is 0 Å². The van der Waals surface area contributed by atoms with Crippen LogP contribution in [0.4, 0.5) is 4.79 Å². The quantitative estimate of drug-likeness (QED) is 0.881. The molecule has 0 aliphatic carbocycles. The number of ether oxygens (including phenoxy) is 1. The van der Waals surface area contributed by atoms with Crippen molar-refractivity contribution in [3.8, 4) is 0 Å². The molecule has 5 heteroatoms. The van der Waals surface area contributed by atoms with Crippen molar-refractivity contribution in [1.29, 1.82) is 0 Å². The normalized spacial score (nSPS) is 21.0. The molecule has 25 heavy (non-hydrogen) atoms. The molecule has 1 aromatic heterocycles. The molecule has 0 saturated heterocycles. The van der Waals surface area contributed by atoms with Gasteiger partial charge in [-0.25, -0.2) is 4.79 Å². The Balaban J connectivity index is 2.01. The highest BCUT2D eigenvalue weighted by Crippen LogP contribution is 2.37. The van der Waals surface area contributed by atoms with Crippen LogP contribution in [0.25, 0.3) is 5.70 Å². The monoisotopic (exact) mass is 341 g/mol. The number of carbonyl (C=O) groups excluding carboxylic acids is 1. The molecule has 3 rings (SSSR count). The lowest BCUT2D eigenvalue weighted by Gasteiger charge is -2.37. The van der Waals surface area contributed by atoms with Gasteiger partial charge in [0.2, 0.25) is 0 Å². The summed E-state index contributed by atoms with van der Waals surface area (Å²) < 4.78 is 11.0. The molecule has 1 aliphatic rings. The number of allylic oxidation sites excluding steroid dienone is 1. The molecule has 1 amide bonds. The molecule has 1 N–H and O–H groups in total. The van der Waals surface area contributed by atoms with E-state index in [-0.39, 0.29) is 5.92 Å². The third-order valence-electron chi connectivity index (χ3n) is 3.95. The Labute approximate surface area is 147 Å². The van der Waals surface area contributed by atoms with E-state index in [1.165, 1.54) is 4.90 Å². The standard InChI is InChI=1S/C20H23NO4/c1-20(2,3)25-19(23)21-16(14-8-5-4-6-9-14)12-15(13-18(21)22)17-10-7-11-24-17/h4-12,15,18,22H,13H2,1-3H3/t15-,18+/m0/s1. The molecule has 0 radical (unpaired) electrons. The topological polar surface area (TPSA) is 62.9 Å². The number of hydrogen-bond acceptors (Lipinski definition) is 4. The van der Waals surface area contributed by atoms with Crippen LogP contribution < -0.4 is 0 Å². The number of aliphatic hydroxyl groups excluding tert-OH is 1. The minimum absolute atomic E-state index is 0.112. The van der Waals surface area contributed by atoms with Gasteiger partial charge >= 0.3 is 6.09 Å². The second-order valence-electron chi connectivity index (χ2n) is 7.11. The van der Waals surface area contributed by atoms with E-state index in [9.17, 15) is 9.90 Å². The Morgan fingerprint density at radius 2 is 1.92 bits per heavy atom. The van der Waals surface area contributed by atoms with Crippen LogP contribution in [0.3, 0.4) is 0 Å². The predicted octanol–water partition coefficient (Wildman–Crippen LogP) is 4.36. The lowest BCUT2D eigenvalue weighted by molar-refractivity contribution is -0.0141. The Hall–Kier alpha value is -2.53. The Morgan fingerprint density at radius 3 is 2.52 bits per heavy atom. The Morgan fingerprint density at radius 1 is 1.20 bits per heavy atom. The van der Waals surface area contributed by atoms with Crippen LogP contribution in [0.1, 0.15) is 44.4 Å². The minimum atomic E-state index is -0.995. The number of carbonyl (C=O) groups is 1. The van der Waals surface area contributed by atoms with E-state index in [0.717, 1.165) is 11.3 Å². The van der Waals surface area contributed by atoms with Gasteiger partial charge in [0.15, 0.2) is 0 Å². The molecule has 132 valence electrons. The summed E-state index contributed by atoms with van der Waals surface area (Å²) in [5.41, 5.74) is 0.815. The number of furan rings is 1. The molecular weight excluding hydrogens is 318 g/mol. The highest BCUT2D eigenvalue weighted by molar-refractivity contribution is 5.83. The SMILES string of the molecule is CC(C)(C)OC(=O)N1C(c2ccccc2)=C[C@H](c2ccco2)C[C@H]1O. The maximum atomic E-state index is 12.7. The van der Waals surface area contributed by atoms with Crippen LogP contribution in [-0.4, -0.2) is 27.9 Å². The van der Waals surface area contributed by atoms with Crippen LogP contribution in [0, 0.1) is 0 Å². The lowest BCUT2D eigenvalue weighted by Crippen LogP contribution is -2.44. The average Bonchev–Trinajstić information content (AvgIpc) is 3.07. The number of aliphatic hydroxyl groups is 1. The predicted molar refractivity (Wildman–Crippen MR) is 94.6 cm³/mol. The van der Waals surface area contributed by atoms with E-state index >= 15 is 0 Å². The van der Waals surface area contributed by atoms with Crippen molar-refractivity contribution in [1.82, 2.24) is 4.90 Å².